The molecule has 6 heteroatoms. The van der Waals surface area contributed by atoms with Crippen molar-refractivity contribution in [3.8, 4) is 5.75 Å². The first kappa shape index (κ1) is 19.3. The third-order valence-electron chi connectivity index (χ3n) is 3.86. The normalized spacial score (nSPS) is 12.7. The highest BCUT2D eigenvalue weighted by Crippen LogP contribution is 2.19. The Bertz CT molecular complexity index is 658. The van der Waals surface area contributed by atoms with E-state index in [9.17, 15) is 5.11 Å². The van der Waals surface area contributed by atoms with Crippen molar-refractivity contribution in [1.29, 1.82) is 0 Å². The molecule has 1 unspecified atom stereocenters. The van der Waals surface area contributed by atoms with Gasteiger partial charge in [0.25, 0.3) is 0 Å². The fourth-order valence-corrected chi connectivity index (χ4v) is 3.13. The molecule has 25 heavy (non-hydrogen) atoms. The van der Waals surface area contributed by atoms with Crippen LogP contribution in [0.4, 0.5) is 0 Å². The van der Waals surface area contributed by atoms with Crippen molar-refractivity contribution < 1.29 is 9.84 Å². The Balaban J connectivity index is 1.97. The van der Waals surface area contributed by atoms with Crippen LogP contribution in [0.1, 0.15) is 23.5 Å². The molecule has 1 aromatic carbocycles. The van der Waals surface area contributed by atoms with E-state index < -0.39 is 6.10 Å². The summed E-state index contributed by atoms with van der Waals surface area (Å²) in [5.74, 6) is 1.54. The van der Waals surface area contributed by atoms with Crippen molar-refractivity contribution in [3.05, 3.63) is 52.2 Å². The lowest BCUT2D eigenvalue weighted by Gasteiger charge is -2.22. The quantitative estimate of drug-likeness (QED) is 0.561. The van der Waals surface area contributed by atoms with Gasteiger partial charge in [-0.15, -0.1) is 11.3 Å². The van der Waals surface area contributed by atoms with Gasteiger partial charge in [-0.05, 0) is 42.5 Å². The maximum atomic E-state index is 10.4. The number of guanidine groups is 1. The van der Waals surface area contributed by atoms with Crippen molar-refractivity contribution in [3.63, 3.8) is 0 Å². The van der Waals surface area contributed by atoms with Gasteiger partial charge < -0.3 is 20.1 Å². The largest absolute Gasteiger partial charge is 0.497 e. The van der Waals surface area contributed by atoms with Crippen LogP contribution in [0.5, 0.6) is 5.75 Å². The fourth-order valence-electron chi connectivity index (χ4n) is 2.44. The Kier molecular flexibility index (Phi) is 7.76. The van der Waals surface area contributed by atoms with Crippen LogP contribution in [-0.4, -0.2) is 49.8 Å². The number of ether oxygens (including phenoxy) is 1. The van der Waals surface area contributed by atoms with Gasteiger partial charge in [-0.2, -0.15) is 0 Å². The number of hydrogen-bond donors (Lipinski definition) is 2. The zero-order valence-corrected chi connectivity index (χ0v) is 15.9. The van der Waals surface area contributed by atoms with E-state index in [0.717, 1.165) is 36.8 Å². The SMILES string of the molecule is CCNC(=NCC(O)c1cccc(OC)c1)N(C)CCc1cccs1. The first-order valence-corrected chi connectivity index (χ1v) is 9.35. The van der Waals surface area contributed by atoms with E-state index in [1.165, 1.54) is 4.88 Å². The molecule has 0 aliphatic rings. The average Bonchev–Trinajstić information content (AvgIpc) is 3.16. The number of aliphatic hydroxyl groups excluding tert-OH is 1. The summed E-state index contributed by atoms with van der Waals surface area (Å²) in [5, 5.41) is 15.8. The van der Waals surface area contributed by atoms with E-state index in [1.807, 2.05) is 38.2 Å². The Morgan fingerprint density at radius 3 is 2.88 bits per heavy atom. The summed E-state index contributed by atoms with van der Waals surface area (Å²) in [7, 11) is 3.64. The standard InChI is InChI=1S/C19H27N3O2S/c1-4-20-19(22(2)11-10-17-9-6-12-25-17)21-14-18(23)15-7-5-8-16(13-15)24-3/h5-9,12-13,18,23H,4,10-11,14H2,1-3H3,(H,20,21). The van der Waals surface area contributed by atoms with Crippen LogP contribution >= 0.6 is 11.3 Å². The van der Waals surface area contributed by atoms with E-state index in [0.29, 0.717) is 6.54 Å². The van der Waals surface area contributed by atoms with E-state index in [4.69, 9.17) is 4.74 Å². The summed E-state index contributed by atoms with van der Waals surface area (Å²) < 4.78 is 5.21. The van der Waals surface area contributed by atoms with E-state index >= 15 is 0 Å². The minimum Gasteiger partial charge on any atom is -0.497 e. The second-order valence-electron chi connectivity index (χ2n) is 5.74. The molecule has 2 N–H and O–H groups in total. The molecule has 2 rings (SSSR count). The summed E-state index contributed by atoms with van der Waals surface area (Å²) >= 11 is 1.77. The summed E-state index contributed by atoms with van der Waals surface area (Å²) in [6, 6.07) is 11.7. The van der Waals surface area contributed by atoms with Crippen LogP contribution in [0.25, 0.3) is 0 Å². The highest BCUT2D eigenvalue weighted by atomic mass is 32.1. The average molecular weight is 362 g/mol. The van der Waals surface area contributed by atoms with Gasteiger partial charge in [0.15, 0.2) is 5.96 Å². The number of benzene rings is 1. The summed E-state index contributed by atoms with van der Waals surface area (Å²) in [6.07, 6.45) is 0.325. The van der Waals surface area contributed by atoms with Gasteiger partial charge in [-0.1, -0.05) is 18.2 Å². The van der Waals surface area contributed by atoms with Gasteiger partial charge in [0, 0.05) is 25.0 Å². The number of hydrogen-bond acceptors (Lipinski definition) is 4. The molecular weight excluding hydrogens is 334 g/mol. The van der Waals surface area contributed by atoms with E-state index in [-0.39, 0.29) is 0 Å². The fraction of sp³-hybridized carbons (Fsp3) is 0.421. The Morgan fingerprint density at radius 2 is 2.20 bits per heavy atom. The number of likely N-dealkylation sites (N-methyl/N-ethyl adjacent to an activating group) is 1. The number of thiophene rings is 1. The van der Waals surface area contributed by atoms with Gasteiger partial charge >= 0.3 is 0 Å². The van der Waals surface area contributed by atoms with Crippen LogP contribution in [-0.2, 0) is 6.42 Å². The third kappa shape index (κ3) is 6.07. The predicted octanol–water partition coefficient (Wildman–Crippen LogP) is 2.93. The molecule has 0 fully saturated rings. The van der Waals surface area contributed by atoms with Crippen molar-refractivity contribution in [2.24, 2.45) is 4.99 Å². The Hall–Kier alpha value is -2.05. The lowest BCUT2D eigenvalue weighted by atomic mass is 10.1. The predicted molar refractivity (Wildman–Crippen MR) is 105 cm³/mol. The van der Waals surface area contributed by atoms with Crippen LogP contribution in [0, 0.1) is 0 Å². The number of nitrogens with zero attached hydrogens (tertiary/aromatic N) is 2. The number of methoxy groups -OCH3 is 1. The topological polar surface area (TPSA) is 57.1 Å². The van der Waals surface area contributed by atoms with Crippen LogP contribution in [0.3, 0.4) is 0 Å². The molecule has 1 aromatic heterocycles. The first-order valence-electron chi connectivity index (χ1n) is 8.48. The maximum Gasteiger partial charge on any atom is 0.193 e. The highest BCUT2D eigenvalue weighted by molar-refractivity contribution is 7.09. The van der Waals surface area contributed by atoms with E-state index in [1.54, 1.807) is 18.4 Å². The highest BCUT2D eigenvalue weighted by Gasteiger charge is 2.11. The molecule has 1 atom stereocenters. The third-order valence-corrected chi connectivity index (χ3v) is 4.80. The van der Waals surface area contributed by atoms with E-state index in [2.05, 4.69) is 32.7 Å². The Morgan fingerprint density at radius 1 is 1.36 bits per heavy atom. The molecule has 0 saturated carbocycles. The number of rotatable bonds is 8. The van der Waals surface area contributed by atoms with Gasteiger partial charge in [0.2, 0.25) is 0 Å². The zero-order valence-electron chi connectivity index (χ0n) is 15.1. The molecular formula is C19H27N3O2S. The maximum absolute atomic E-state index is 10.4. The van der Waals surface area contributed by atoms with Gasteiger partial charge in [0.05, 0.1) is 19.8 Å². The molecule has 0 bridgehead atoms. The molecule has 136 valence electrons. The van der Waals surface area contributed by atoms with Gasteiger partial charge in [-0.25, -0.2) is 0 Å². The van der Waals surface area contributed by atoms with Crippen molar-refractivity contribution >= 4 is 17.3 Å². The van der Waals surface area contributed by atoms with Crippen molar-refractivity contribution in [2.75, 3.05) is 33.8 Å². The first-order chi connectivity index (χ1) is 12.1. The number of nitrogens with one attached hydrogen (secondary N) is 1. The number of aliphatic imine (C=N–C) groups is 1. The van der Waals surface area contributed by atoms with Crippen LogP contribution in [0.15, 0.2) is 46.8 Å². The van der Waals surface area contributed by atoms with Crippen LogP contribution in [0.2, 0.25) is 0 Å². The summed E-state index contributed by atoms with van der Waals surface area (Å²) in [5.41, 5.74) is 0.806. The van der Waals surface area contributed by atoms with Crippen molar-refractivity contribution in [2.45, 2.75) is 19.4 Å². The molecule has 0 radical (unpaired) electrons. The van der Waals surface area contributed by atoms with Gasteiger partial charge in [-0.3, -0.25) is 4.99 Å². The van der Waals surface area contributed by atoms with Crippen molar-refractivity contribution in [1.82, 2.24) is 10.2 Å². The minimum absolute atomic E-state index is 0.304. The molecule has 0 aliphatic carbocycles. The molecule has 0 amide bonds. The molecule has 0 aliphatic heterocycles. The molecule has 5 nitrogen and oxygen atoms in total. The molecule has 0 spiro atoms. The molecule has 2 aromatic rings. The monoisotopic (exact) mass is 361 g/mol. The van der Waals surface area contributed by atoms with Crippen LogP contribution < -0.4 is 10.1 Å². The second kappa shape index (κ2) is 10.1. The molecule has 1 heterocycles. The lowest BCUT2D eigenvalue weighted by Crippen LogP contribution is -2.40. The smallest absolute Gasteiger partial charge is 0.193 e. The summed E-state index contributed by atoms with van der Waals surface area (Å²) in [4.78, 5) is 8.05. The molecule has 0 saturated heterocycles. The second-order valence-corrected chi connectivity index (χ2v) is 6.77. The minimum atomic E-state index is -0.658. The zero-order chi connectivity index (χ0) is 18.1. The van der Waals surface area contributed by atoms with Gasteiger partial charge in [0.1, 0.15) is 5.75 Å². The Labute approximate surface area is 154 Å². The summed E-state index contributed by atoms with van der Waals surface area (Å²) in [6.45, 7) is 4.01. The number of aliphatic hydroxyl groups is 1. The lowest BCUT2D eigenvalue weighted by molar-refractivity contribution is 0.186.